The monoisotopic (exact) mass is 287 g/mol. The van der Waals surface area contributed by atoms with Crippen molar-refractivity contribution in [1.29, 1.82) is 0 Å². The van der Waals surface area contributed by atoms with Crippen molar-refractivity contribution in [2.45, 2.75) is 57.1 Å². The van der Waals surface area contributed by atoms with Gasteiger partial charge in [0.1, 0.15) is 0 Å². The van der Waals surface area contributed by atoms with Crippen LogP contribution in [0.1, 0.15) is 52.4 Å². The van der Waals surface area contributed by atoms with Gasteiger partial charge >= 0.3 is 5.97 Å². The lowest BCUT2D eigenvalue weighted by molar-refractivity contribution is -0.154. The smallest absolute Gasteiger partial charge is 0.310 e. The first-order chi connectivity index (χ1) is 8.81. The van der Waals surface area contributed by atoms with Gasteiger partial charge in [0.25, 0.3) is 0 Å². The molecule has 0 aromatic carbocycles. The van der Waals surface area contributed by atoms with Gasteiger partial charge in [0.05, 0.1) is 5.41 Å². The van der Waals surface area contributed by atoms with Gasteiger partial charge in [-0.05, 0) is 32.9 Å². The SMILES string of the molecule is CSC(C)(C)CNC(=O)CC1(C(=O)O)CCCCC1. The Kier molecular flexibility index (Phi) is 5.71. The molecule has 0 bridgehead atoms. The lowest BCUT2D eigenvalue weighted by Gasteiger charge is -2.33. The van der Waals surface area contributed by atoms with Crippen molar-refractivity contribution in [3.05, 3.63) is 0 Å². The fourth-order valence-electron chi connectivity index (χ4n) is 2.45. The molecule has 0 aromatic rings. The summed E-state index contributed by atoms with van der Waals surface area (Å²) in [5, 5.41) is 12.3. The Balaban J connectivity index is 2.55. The summed E-state index contributed by atoms with van der Waals surface area (Å²) in [5.41, 5.74) is -0.828. The Labute approximate surface area is 119 Å². The van der Waals surface area contributed by atoms with E-state index in [4.69, 9.17) is 0 Å². The summed E-state index contributed by atoms with van der Waals surface area (Å²) in [6.45, 7) is 4.69. The van der Waals surface area contributed by atoms with Crippen molar-refractivity contribution in [1.82, 2.24) is 5.32 Å². The number of thioether (sulfide) groups is 1. The van der Waals surface area contributed by atoms with Crippen molar-refractivity contribution in [3.8, 4) is 0 Å². The molecule has 0 heterocycles. The third kappa shape index (κ3) is 4.71. The van der Waals surface area contributed by atoms with Crippen LogP contribution in [0, 0.1) is 5.41 Å². The predicted octanol–water partition coefficient (Wildman–Crippen LogP) is 2.67. The van der Waals surface area contributed by atoms with Crippen molar-refractivity contribution in [2.75, 3.05) is 12.8 Å². The van der Waals surface area contributed by atoms with Gasteiger partial charge in [-0.1, -0.05) is 19.3 Å². The Bertz CT molecular complexity index is 336. The van der Waals surface area contributed by atoms with E-state index in [1.165, 1.54) is 0 Å². The molecule has 1 aliphatic carbocycles. The largest absolute Gasteiger partial charge is 0.481 e. The normalized spacial score (nSPS) is 18.9. The number of nitrogens with one attached hydrogen (secondary N) is 1. The van der Waals surface area contributed by atoms with Gasteiger partial charge in [-0.15, -0.1) is 0 Å². The molecule has 19 heavy (non-hydrogen) atoms. The Morgan fingerprint density at radius 3 is 2.32 bits per heavy atom. The minimum absolute atomic E-state index is 0.0153. The summed E-state index contributed by atoms with van der Waals surface area (Å²) in [5.74, 6) is -0.946. The fourth-order valence-corrected chi connectivity index (χ4v) is 2.66. The molecule has 0 aliphatic heterocycles. The van der Waals surface area contributed by atoms with Gasteiger partial charge < -0.3 is 10.4 Å². The molecule has 0 radical (unpaired) electrons. The Hall–Kier alpha value is -0.710. The van der Waals surface area contributed by atoms with E-state index in [9.17, 15) is 14.7 Å². The Morgan fingerprint density at radius 1 is 1.26 bits per heavy atom. The molecule has 1 amide bonds. The summed E-state index contributed by atoms with van der Waals surface area (Å²) < 4.78 is -0.0153. The maximum atomic E-state index is 12.0. The summed E-state index contributed by atoms with van der Waals surface area (Å²) >= 11 is 1.69. The van der Waals surface area contributed by atoms with Crippen molar-refractivity contribution >= 4 is 23.6 Å². The van der Waals surface area contributed by atoms with E-state index in [1.807, 2.05) is 6.26 Å². The van der Waals surface area contributed by atoms with E-state index in [2.05, 4.69) is 19.2 Å². The number of carbonyl (C=O) groups is 2. The van der Waals surface area contributed by atoms with E-state index in [0.29, 0.717) is 19.4 Å². The quantitative estimate of drug-likeness (QED) is 0.788. The van der Waals surface area contributed by atoms with Crippen molar-refractivity contribution in [2.24, 2.45) is 5.41 Å². The van der Waals surface area contributed by atoms with Crippen LogP contribution < -0.4 is 5.32 Å². The number of hydrogen-bond donors (Lipinski definition) is 2. The average Bonchev–Trinajstić information content (AvgIpc) is 2.37. The molecule has 1 aliphatic rings. The summed E-state index contributed by atoms with van der Waals surface area (Å²) in [4.78, 5) is 23.5. The lowest BCUT2D eigenvalue weighted by Crippen LogP contribution is -2.42. The third-order valence-corrected chi connectivity index (χ3v) is 5.28. The van der Waals surface area contributed by atoms with Crippen LogP contribution in [-0.2, 0) is 9.59 Å². The zero-order valence-corrected chi connectivity index (χ0v) is 12.9. The van der Waals surface area contributed by atoms with Crippen LogP contribution in [0.2, 0.25) is 0 Å². The van der Waals surface area contributed by atoms with Crippen molar-refractivity contribution < 1.29 is 14.7 Å². The number of carboxylic acids is 1. The molecule has 1 rings (SSSR count). The number of carboxylic acid groups (broad SMARTS) is 1. The minimum atomic E-state index is -0.828. The van der Waals surface area contributed by atoms with Crippen LogP contribution >= 0.6 is 11.8 Å². The molecule has 110 valence electrons. The zero-order chi connectivity index (χ0) is 14.5. The molecule has 4 nitrogen and oxygen atoms in total. The van der Waals surface area contributed by atoms with Gasteiger partial charge in [0, 0.05) is 17.7 Å². The van der Waals surface area contributed by atoms with E-state index < -0.39 is 11.4 Å². The number of aliphatic carboxylic acids is 1. The second-order valence-electron chi connectivity index (χ2n) is 6.06. The molecule has 2 N–H and O–H groups in total. The van der Waals surface area contributed by atoms with E-state index in [-0.39, 0.29) is 17.1 Å². The predicted molar refractivity (Wildman–Crippen MR) is 78.4 cm³/mol. The van der Waals surface area contributed by atoms with Crippen LogP contribution in [0.15, 0.2) is 0 Å². The maximum Gasteiger partial charge on any atom is 0.310 e. The molecular formula is C14H25NO3S. The van der Waals surface area contributed by atoms with Gasteiger partial charge in [-0.3, -0.25) is 9.59 Å². The highest BCUT2D eigenvalue weighted by Gasteiger charge is 2.41. The number of amides is 1. The van der Waals surface area contributed by atoms with E-state index >= 15 is 0 Å². The third-order valence-electron chi connectivity index (χ3n) is 4.03. The van der Waals surface area contributed by atoms with Gasteiger partial charge in [-0.25, -0.2) is 0 Å². The van der Waals surface area contributed by atoms with Gasteiger partial charge in [0.15, 0.2) is 0 Å². The van der Waals surface area contributed by atoms with Crippen LogP contribution in [0.3, 0.4) is 0 Å². The molecule has 5 heteroatoms. The highest BCUT2D eigenvalue weighted by Crippen LogP contribution is 2.39. The second-order valence-corrected chi connectivity index (χ2v) is 7.58. The minimum Gasteiger partial charge on any atom is -0.481 e. The molecule has 0 saturated heterocycles. The van der Waals surface area contributed by atoms with Crippen LogP contribution in [0.5, 0.6) is 0 Å². The number of carbonyl (C=O) groups excluding carboxylic acids is 1. The summed E-state index contributed by atoms with van der Waals surface area (Å²) in [7, 11) is 0. The Morgan fingerprint density at radius 2 is 1.84 bits per heavy atom. The average molecular weight is 287 g/mol. The fraction of sp³-hybridized carbons (Fsp3) is 0.857. The topological polar surface area (TPSA) is 66.4 Å². The van der Waals surface area contributed by atoms with E-state index in [1.54, 1.807) is 11.8 Å². The molecule has 0 unspecified atom stereocenters. The molecule has 0 aromatic heterocycles. The molecular weight excluding hydrogens is 262 g/mol. The summed E-state index contributed by atoms with van der Waals surface area (Å²) in [6.07, 6.45) is 6.28. The first-order valence-corrected chi connectivity index (χ1v) is 8.09. The molecule has 1 fully saturated rings. The van der Waals surface area contributed by atoms with Crippen LogP contribution in [0.25, 0.3) is 0 Å². The maximum absolute atomic E-state index is 12.0. The molecule has 1 saturated carbocycles. The molecule has 0 spiro atoms. The highest BCUT2D eigenvalue weighted by atomic mass is 32.2. The highest BCUT2D eigenvalue weighted by molar-refractivity contribution is 7.99. The van der Waals surface area contributed by atoms with Gasteiger partial charge in [-0.2, -0.15) is 11.8 Å². The first kappa shape index (κ1) is 16.3. The second kappa shape index (κ2) is 6.64. The number of rotatable bonds is 6. The number of hydrogen-bond acceptors (Lipinski definition) is 3. The zero-order valence-electron chi connectivity index (χ0n) is 12.1. The molecule has 0 atom stereocenters. The summed E-state index contributed by atoms with van der Waals surface area (Å²) in [6, 6.07) is 0. The first-order valence-electron chi connectivity index (χ1n) is 6.87. The van der Waals surface area contributed by atoms with Gasteiger partial charge in [0.2, 0.25) is 5.91 Å². The standard InChI is InChI=1S/C14H25NO3S/c1-13(2,19-3)10-15-11(16)9-14(12(17)18)7-5-4-6-8-14/h4-10H2,1-3H3,(H,15,16)(H,17,18). The lowest BCUT2D eigenvalue weighted by atomic mass is 9.71. The van der Waals surface area contributed by atoms with Crippen molar-refractivity contribution in [3.63, 3.8) is 0 Å². The van der Waals surface area contributed by atoms with Crippen LogP contribution in [0.4, 0.5) is 0 Å². The van der Waals surface area contributed by atoms with Crippen LogP contribution in [-0.4, -0.2) is 34.5 Å². The van der Waals surface area contributed by atoms with E-state index in [0.717, 1.165) is 19.3 Å².